The van der Waals surface area contributed by atoms with Gasteiger partial charge in [-0.15, -0.1) is 0 Å². The van der Waals surface area contributed by atoms with Gasteiger partial charge in [0, 0.05) is 38.4 Å². The summed E-state index contributed by atoms with van der Waals surface area (Å²) in [5.41, 5.74) is 0.947. The summed E-state index contributed by atoms with van der Waals surface area (Å²) in [7, 11) is 0. The van der Waals surface area contributed by atoms with Gasteiger partial charge in [0.05, 0.1) is 12.7 Å². The Kier molecular flexibility index (Phi) is 6.76. The van der Waals surface area contributed by atoms with E-state index in [2.05, 4.69) is 27.2 Å². The number of carbonyl (C=O) groups is 1. The predicted molar refractivity (Wildman–Crippen MR) is 106 cm³/mol. The van der Waals surface area contributed by atoms with Crippen LogP contribution < -0.4 is 15.8 Å². The quantitative estimate of drug-likeness (QED) is 0.779. The van der Waals surface area contributed by atoms with Crippen LogP contribution in [0.2, 0.25) is 0 Å². The summed E-state index contributed by atoms with van der Waals surface area (Å²) >= 11 is 0. The zero-order valence-corrected chi connectivity index (χ0v) is 16.4. The molecule has 1 atom stereocenters. The first-order valence-electron chi connectivity index (χ1n) is 9.74. The lowest BCUT2D eigenvalue weighted by molar-refractivity contribution is 0.0529. The number of anilines is 1. The Morgan fingerprint density at radius 2 is 2.18 bits per heavy atom. The van der Waals surface area contributed by atoms with Crippen LogP contribution in [0.15, 0.2) is 35.3 Å². The molecule has 1 aliphatic rings. The van der Waals surface area contributed by atoms with Gasteiger partial charge in [-0.05, 0) is 31.0 Å². The fourth-order valence-corrected chi connectivity index (χ4v) is 3.05. The van der Waals surface area contributed by atoms with Gasteiger partial charge in [-0.3, -0.25) is 9.59 Å². The monoisotopic (exact) mass is 385 g/mol. The molecular formula is C20H27N5O3. The molecule has 1 aliphatic heterocycles. The molecule has 2 aromatic heterocycles. The molecule has 1 unspecified atom stereocenters. The molecule has 1 fully saturated rings. The Bertz CT molecular complexity index is 850. The third-order valence-electron chi connectivity index (χ3n) is 4.65. The number of hydrogen-bond acceptors (Lipinski definition) is 6. The van der Waals surface area contributed by atoms with E-state index in [-0.39, 0.29) is 23.3 Å². The second kappa shape index (κ2) is 9.45. The molecular weight excluding hydrogens is 358 g/mol. The van der Waals surface area contributed by atoms with Gasteiger partial charge in [0.1, 0.15) is 11.5 Å². The summed E-state index contributed by atoms with van der Waals surface area (Å²) in [6, 6.07) is 6.76. The molecule has 2 aromatic rings. The topological polar surface area (TPSA) is 89.3 Å². The first-order chi connectivity index (χ1) is 13.6. The van der Waals surface area contributed by atoms with E-state index < -0.39 is 0 Å². The SMILES string of the molecule is CCCCn1nc(C(=O)NCc2ccc(N3CCOC(C)C3)nc2)ccc1=O. The van der Waals surface area contributed by atoms with E-state index in [1.54, 1.807) is 6.20 Å². The van der Waals surface area contributed by atoms with Crippen molar-refractivity contribution in [2.24, 2.45) is 0 Å². The Hall–Kier alpha value is -2.74. The highest BCUT2D eigenvalue weighted by Crippen LogP contribution is 2.15. The number of pyridine rings is 1. The smallest absolute Gasteiger partial charge is 0.271 e. The maximum atomic E-state index is 12.4. The average molecular weight is 385 g/mol. The fraction of sp³-hybridized carbons (Fsp3) is 0.500. The van der Waals surface area contributed by atoms with Gasteiger partial charge >= 0.3 is 0 Å². The fourth-order valence-electron chi connectivity index (χ4n) is 3.05. The van der Waals surface area contributed by atoms with E-state index in [4.69, 9.17) is 4.74 Å². The molecule has 8 nitrogen and oxygen atoms in total. The Labute approximate surface area is 164 Å². The average Bonchev–Trinajstić information content (AvgIpc) is 2.72. The van der Waals surface area contributed by atoms with E-state index in [0.29, 0.717) is 19.7 Å². The minimum Gasteiger partial charge on any atom is -0.375 e. The van der Waals surface area contributed by atoms with Crippen molar-refractivity contribution in [1.29, 1.82) is 0 Å². The number of ether oxygens (including phenoxy) is 1. The van der Waals surface area contributed by atoms with Crippen molar-refractivity contribution < 1.29 is 9.53 Å². The number of carbonyl (C=O) groups excluding carboxylic acids is 1. The third-order valence-corrected chi connectivity index (χ3v) is 4.65. The zero-order chi connectivity index (χ0) is 19.9. The predicted octanol–water partition coefficient (Wildman–Crippen LogP) is 1.59. The van der Waals surface area contributed by atoms with E-state index in [1.165, 1.54) is 16.8 Å². The molecule has 0 saturated carbocycles. The highest BCUT2D eigenvalue weighted by atomic mass is 16.5. The van der Waals surface area contributed by atoms with Crippen LogP contribution in [0.3, 0.4) is 0 Å². The number of nitrogens with zero attached hydrogens (tertiary/aromatic N) is 4. The summed E-state index contributed by atoms with van der Waals surface area (Å²) in [5, 5.41) is 7.00. The summed E-state index contributed by atoms with van der Waals surface area (Å²) < 4.78 is 6.90. The molecule has 8 heteroatoms. The number of aromatic nitrogens is 3. The van der Waals surface area contributed by atoms with Gasteiger partial charge in [0.2, 0.25) is 0 Å². The van der Waals surface area contributed by atoms with Crippen molar-refractivity contribution in [3.8, 4) is 0 Å². The third kappa shape index (κ3) is 5.16. The van der Waals surface area contributed by atoms with Crippen molar-refractivity contribution in [3.63, 3.8) is 0 Å². The number of amides is 1. The largest absolute Gasteiger partial charge is 0.375 e. The Balaban J connectivity index is 1.58. The lowest BCUT2D eigenvalue weighted by atomic mass is 10.2. The highest BCUT2D eigenvalue weighted by Gasteiger charge is 2.17. The van der Waals surface area contributed by atoms with Gasteiger partial charge in [-0.1, -0.05) is 19.4 Å². The first-order valence-corrected chi connectivity index (χ1v) is 9.74. The first kappa shape index (κ1) is 20.0. The van der Waals surface area contributed by atoms with Gasteiger partial charge in [-0.2, -0.15) is 5.10 Å². The van der Waals surface area contributed by atoms with E-state index in [0.717, 1.165) is 37.3 Å². The molecule has 0 bridgehead atoms. The van der Waals surface area contributed by atoms with Crippen molar-refractivity contribution in [2.75, 3.05) is 24.6 Å². The number of unbranched alkanes of at least 4 members (excludes halogenated alkanes) is 1. The molecule has 3 heterocycles. The van der Waals surface area contributed by atoms with Crippen LogP contribution in [0, 0.1) is 0 Å². The molecule has 0 aromatic carbocycles. The van der Waals surface area contributed by atoms with Gasteiger partial charge in [0.25, 0.3) is 11.5 Å². The van der Waals surface area contributed by atoms with Crippen LogP contribution >= 0.6 is 0 Å². The highest BCUT2D eigenvalue weighted by molar-refractivity contribution is 5.91. The van der Waals surface area contributed by atoms with Crippen LogP contribution in [0.25, 0.3) is 0 Å². The van der Waals surface area contributed by atoms with Crippen molar-refractivity contribution >= 4 is 11.7 Å². The van der Waals surface area contributed by atoms with Gasteiger partial charge in [0.15, 0.2) is 0 Å². The van der Waals surface area contributed by atoms with Crippen LogP contribution in [0.1, 0.15) is 42.7 Å². The van der Waals surface area contributed by atoms with Crippen LogP contribution in [-0.4, -0.2) is 46.5 Å². The molecule has 0 radical (unpaired) electrons. The number of hydrogen-bond donors (Lipinski definition) is 1. The van der Waals surface area contributed by atoms with E-state index in [9.17, 15) is 9.59 Å². The molecule has 1 N–H and O–H groups in total. The second-order valence-electron chi connectivity index (χ2n) is 6.97. The van der Waals surface area contributed by atoms with Crippen molar-refractivity contribution in [2.45, 2.75) is 45.9 Å². The van der Waals surface area contributed by atoms with Gasteiger partial charge < -0.3 is 15.0 Å². The molecule has 0 spiro atoms. The summed E-state index contributed by atoms with van der Waals surface area (Å²) in [4.78, 5) is 30.9. The minimum atomic E-state index is -0.309. The zero-order valence-electron chi connectivity index (χ0n) is 16.4. The standard InChI is InChI=1S/C20H27N5O3/c1-3-4-9-25-19(26)8-6-17(23-25)20(27)22-13-16-5-7-18(21-12-16)24-10-11-28-15(2)14-24/h5-8,12,15H,3-4,9-11,13-14H2,1-2H3,(H,22,27). The van der Waals surface area contributed by atoms with Crippen molar-refractivity contribution in [3.05, 3.63) is 52.1 Å². The Morgan fingerprint density at radius 3 is 2.89 bits per heavy atom. The number of nitrogens with one attached hydrogen (secondary N) is 1. The van der Waals surface area contributed by atoms with Crippen molar-refractivity contribution in [1.82, 2.24) is 20.1 Å². The maximum Gasteiger partial charge on any atom is 0.271 e. The summed E-state index contributed by atoms with van der Waals surface area (Å²) in [6.07, 6.45) is 3.77. The van der Waals surface area contributed by atoms with E-state index in [1.807, 2.05) is 19.1 Å². The summed E-state index contributed by atoms with van der Waals surface area (Å²) in [5.74, 6) is 0.603. The summed E-state index contributed by atoms with van der Waals surface area (Å²) in [6.45, 7) is 7.31. The molecule has 1 saturated heterocycles. The number of aryl methyl sites for hydroxylation is 1. The molecule has 3 rings (SSSR count). The molecule has 0 aliphatic carbocycles. The Morgan fingerprint density at radius 1 is 1.32 bits per heavy atom. The lowest BCUT2D eigenvalue weighted by Gasteiger charge is -2.32. The molecule has 28 heavy (non-hydrogen) atoms. The minimum absolute atomic E-state index is 0.192. The normalized spacial score (nSPS) is 16.8. The van der Waals surface area contributed by atoms with Crippen LogP contribution in [0.4, 0.5) is 5.82 Å². The maximum absolute atomic E-state index is 12.4. The van der Waals surface area contributed by atoms with Crippen LogP contribution in [0.5, 0.6) is 0 Å². The second-order valence-corrected chi connectivity index (χ2v) is 6.97. The molecule has 1 amide bonds. The van der Waals surface area contributed by atoms with E-state index >= 15 is 0 Å². The van der Waals surface area contributed by atoms with Gasteiger partial charge in [-0.25, -0.2) is 9.67 Å². The molecule has 150 valence electrons. The van der Waals surface area contributed by atoms with Crippen LogP contribution in [-0.2, 0) is 17.8 Å². The number of morpholine rings is 1. The number of rotatable bonds is 7. The lowest BCUT2D eigenvalue weighted by Crippen LogP contribution is -2.41.